The molecule has 2 heterocycles. The highest BCUT2D eigenvalue weighted by molar-refractivity contribution is 5.76. The van der Waals surface area contributed by atoms with E-state index < -0.39 is 12.1 Å². The average Bonchev–Trinajstić information content (AvgIpc) is 3.16. The van der Waals surface area contributed by atoms with Gasteiger partial charge in [0.05, 0.1) is 6.42 Å². The number of oxime groups is 1. The molecule has 0 bridgehead atoms. The second kappa shape index (κ2) is 5.66. The summed E-state index contributed by atoms with van der Waals surface area (Å²) in [5.74, 6) is -0.959. The number of hydrogen-bond acceptors (Lipinski definition) is 6. The molecule has 0 aliphatic carbocycles. The molecule has 0 radical (unpaired) electrons. The summed E-state index contributed by atoms with van der Waals surface area (Å²) >= 11 is 0. The number of hydrogen-bond donors (Lipinski definition) is 0. The van der Waals surface area contributed by atoms with Gasteiger partial charge >= 0.3 is 12.1 Å². The fourth-order valence-electron chi connectivity index (χ4n) is 1.77. The van der Waals surface area contributed by atoms with Gasteiger partial charge < -0.3 is 14.1 Å². The van der Waals surface area contributed by atoms with Gasteiger partial charge in [-0.2, -0.15) is 18.2 Å². The van der Waals surface area contributed by atoms with Gasteiger partial charge in [-0.1, -0.05) is 34.6 Å². The molecule has 1 aliphatic rings. The van der Waals surface area contributed by atoms with E-state index >= 15 is 0 Å². The van der Waals surface area contributed by atoms with Gasteiger partial charge in [-0.05, 0) is 5.56 Å². The first-order valence-electron chi connectivity index (χ1n) is 6.34. The summed E-state index contributed by atoms with van der Waals surface area (Å²) in [6.45, 7) is 0.802. The van der Waals surface area contributed by atoms with Gasteiger partial charge in [0.25, 0.3) is 0 Å². The van der Waals surface area contributed by atoms with Crippen molar-refractivity contribution in [2.45, 2.75) is 19.2 Å². The summed E-state index contributed by atoms with van der Waals surface area (Å²) in [5.41, 5.74) is 1.25. The second-order valence-corrected chi connectivity index (χ2v) is 4.47. The van der Waals surface area contributed by atoms with Crippen LogP contribution in [0.2, 0.25) is 0 Å². The van der Waals surface area contributed by atoms with E-state index in [1.165, 1.54) is 0 Å². The SMILES string of the molecule is FC(F)(F)c1nc(-c2ccc(COC3=NOCC3)cc2)no1. The quantitative estimate of drug-likeness (QED) is 0.871. The summed E-state index contributed by atoms with van der Waals surface area (Å²) in [7, 11) is 0. The highest BCUT2D eigenvalue weighted by atomic mass is 19.4. The summed E-state index contributed by atoms with van der Waals surface area (Å²) in [5, 5.41) is 7.02. The zero-order chi connectivity index (χ0) is 15.6. The molecule has 6 nitrogen and oxygen atoms in total. The molecule has 1 aromatic heterocycles. The monoisotopic (exact) mass is 313 g/mol. The Morgan fingerprint density at radius 3 is 2.55 bits per heavy atom. The Hall–Kier alpha value is -2.58. The topological polar surface area (TPSA) is 69.7 Å². The Labute approximate surface area is 122 Å². The van der Waals surface area contributed by atoms with Gasteiger partial charge in [-0.3, -0.25) is 0 Å². The first kappa shape index (κ1) is 14.4. The van der Waals surface area contributed by atoms with Gasteiger partial charge in [0.1, 0.15) is 13.2 Å². The lowest BCUT2D eigenvalue weighted by molar-refractivity contribution is -0.159. The van der Waals surface area contributed by atoms with Crippen LogP contribution in [0.15, 0.2) is 33.9 Å². The van der Waals surface area contributed by atoms with E-state index in [4.69, 9.17) is 9.57 Å². The summed E-state index contributed by atoms with van der Waals surface area (Å²) in [6.07, 6.45) is -4.02. The predicted octanol–water partition coefficient (Wildman–Crippen LogP) is 3.01. The molecule has 0 amide bonds. The zero-order valence-electron chi connectivity index (χ0n) is 11.1. The van der Waals surface area contributed by atoms with Crippen molar-refractivity contribution in [2.75, 3.05) is 6.61 Å². The Kier molecular flexibility index (Phi) is 3.70. The van der Waals surface area contributed by atoms with Crippen LogP contribution in [-0.2, 0) is 22.4 Å². The Morgan fingerprint density at radius 2 is 1.95 bits per heavy atom. The van der Waals surface area contributed by atoms with E-state index in [2.05, 4.69) is 19.8 Å². The van der Waals surface area contributed by atoms with Crippen LogP contribution in [0.25, 0.3) is 11.4 Å². The van der Waals surface area contributed by atoms with Crippen LogP contribution in [0, 0.1) is 0 Å². The molecule has 22 heavy (non-hydrogen) atoms. The molecule has 0 atom stereocenters. The van der Waals surface area contributed by atoms with Gasteiger partial charge in [0.15, 0.2) is 0 Å². The van der Waals surface area contributed by atoms with Crippen molar-refractivity contribution in [3.63, 3.8) is 0 Å². The fraction of sp³-hybridized carbons (Fsp3) is 0.308. The molecule has 1 aromatic carbocycles. The molecule has 9 heteroatoms. The number of aromatic nitrogens is 2. The maximum Gasteiger partial charge on any atom is 0.471 e. The Morgan fingerprint density at radius 1 is 1.18 bits per heavy atom. The van der Waals surface area contributed by atoms with Crippen molar-refractivity contribution in [3.8, 4) is 11.4 Å². The third kappa shape index (κ3) is 3.18. The molecule has 2 aromatic rings. The van der Waals surface area contributed by atoms with Crippen LogP contribution < -0.4 is 0 Å². The van der Waals surface area contributed by atoms with E-state index in [0.29, 0.717) is 31.1 Å². The van der Waals surface area contributed by atoms with Gasteiger partial charge in [-0.25, -0.2) is 0 Å². The standard InChI is InChI=1S/C13H10F3N3O3/c14-13(15,16)12-17-11(19-22-12)9-3-1-8(2-4-9)7-20-10-5-6-21-18-10/h1-4H,5-7H2. The van der Waals surface area contributed by atoms with E-state index in [9.17, 15) is 13.2 Å². The number of nitrogens with zero attached hydrogens (tertiary/aromatic N) is 3. The van der Waals surface area contributed by atoms with E-state index in [1.54, 1.807) is 24.3 Å². The highest BCUT2D eigenvalue weighted by Gasteiger charge is 2.38. The van der Waals surface area contributed by atoms with Crippen LogP contribution in [0.1, 0.15) is 17.9 Å². The largest absolute Gasteiger partial charge is 0.474 e. The maximum absolute atomic E-state index is 12.4. The summed E-state index contributed by atoms with van der Waals surface area (Å²) in [4.78, 5) is 8.12. The lowest BCUT2D eigenvalue weighted by Gasteiger charge is -2.04. The van der Waals surface area contributed by atoms with E-state index in [-0.39, 0.29) is 5.82 Å². The normalized spacial score (nSPS) is 14.6. The molecule has 0 spiro atoms. The fourth-order valence-corrected chi connectivity index (χ4v) is 1.77. The second-order valence-electron chi connectivity index (χ2n) is 4.47. The molecule has 0 unspecified atom stereocenters. The van der Waals surface area contributed by atoms with Gasteiger partial charge in [0, 0.05) is 5.56 Å². The van der Waals surface area contributed by atoms with Crippen molar-refractivity contribution in [2.24, 2.45) is 5.16 Å². The van der Waals surface area contributed by atoms with Crippen molar-refractivity contribution in [3.05, 3.63) is 35.7 Å². The summed E-state index contributed by atoms with van der Waals surface area (Å²) in [6, 6.07) is 6.60. The molecule has 0 N–H and O–H groups in total. The maximum atomic E-state index is 12.4. The minimum absolute atomic E-state index is 0.117. The number of halogens is 3. The third-order valence-corrected chi connectivity index (χ3v) is 2.86. The van der Waals surface area contributed by atoms with Crippen LogP contribution in [0.3, 0.4) is 0 Å². The molecule has 3 rings (SSSR count). The average molecular weight is 313 g/mol. The minimum atomic E-state index is -4.65. The van der Waals surface area contributed by atoms with Crippen molar-refractivity contribution in [1.82, 2.24) is 10.1 Å². The molecule has 0 saturated heterocycles. The minimum Gasteiger partial charge on any atom is -0.474 e. The first-order valence-corrected chi connectivity index (χ1v) is 6.34. The third-order valence-electron chi connectivity index (χ3n) is 2.86. The summed E-state index contributed by atoms with van der Waals surface area (Å²) < 4.78 is 46.8. The van der Waals surface area contributed by atoms with E-state index in [1.807, 2.05) is 0 Å². The number of ether oxygens (including phenoxy) is 1. The zero-order valence-corrected chi connectivity index (χ0v) is 11.1. The van der Waals surface area contributed by atoms with E-state index in [0.717, 1.165) is 5.56 Å². The smallest absolute Gasteiger partial charge is 0.471 e. The Bertz CT molecular complexity index is 680. The number of rotatable bonds is 3. The van der Waals surface area contributed by atoms with Crippen molar-refractivity contribution in [1.29, 1.82) is 0 Å². The number of alkyl halides is 3. The highest BCUT2D eigenvalue weighted by Crippen LogP contribution is 2.29. The van der Waals surface area contributed by atoms with Crippen molar-refractivity contribution < 1.29 is 27.3 Å². The van der Waals surface area contributed by atoms with Gasteiger partial charge in [-0.15, -0.1) is 0 Å². The first-order chi connectivity index (χ1) is 10.5. The molecular formula is C13H10F3N3O3. The molecule has 0 fully saturated rings. The molecule has 1 aliphatic heterocycles. The molecular weight excluding hydrogens is 303 g/mol. The molecule has 0 saturated carbocycles. The lowest BCUT2D eigenvalue weighted by Crippen LogP contribution is -2.04. The van der Waals surface area contributed by atoms with Crippen molar-refractivity contribution >= 4 is 5.90 Å². The van der Waals surface area contributed by atoms with Crippen LogP contribution in [0.5, 0.6) is 0 Å². The van der Waals surface area contributed by atoms with Crippen LogP contribution >= 0.6 is 0 Å². The number of benzene rings is 1. The predicted molar refractivity (Wildman–Crippen MR) is 67.5 cm³/mol. The lowest BCUT2D eigenvalue weighted by atomic mass is 10.1. The van der Waals surface area contributed by atoms with Gasteiger partial charge in [0.2, 0.25) is 11.7 Å². The van der Waals surface area contributed by atoms with Crippen LogP contribution in [-0.4, -0.2) is 22.6 Å². The van der Waals surface area contributed by atoms with Crippen LogP contribution in [0.4, 0.5) is 13.2 Å². The molecule has 116 valence electrons. The Balaban J connectivity index is 1.67.